The second-order valence-corrected chi connectivity index (χ2v) is 5.18. The summed E-state index contributed by atoms with van der Waals surface area (Å²) in [6.07, 6.45) is 2.30. The van der Waals surface area contributed by atoms with Crippen molar-refractivity contribution in [2.45, 2.75) is 20.3 Å². The summed E-state index contributed by atoms with van der Waals surface area (Å²) < 4.78 is 1.22. The van der Waals surface area contributed by atoms with Crippen LogP contribution in [0.5, 0.6) is 0 Å². The van der Waals surface area contributed by atoms with Crippen molar-refractivity contribution in [2.24, 2.45) is 0 Å². The fourth-order valence-corrected chi connectivity index (χ4v) is 2.84. The molecule has 0 aromatic carbocycles. The molecule has 2 aromatic rings. The zero-order valence-electron chi connectivity index (χ0n) is 11.3. The van der Waals surface area contributed by atoms with E-state index in [9.17, 15) is 4.79 Å². The second kappa shape index (κ2) is 6.52. The lowest BCUT2D eigenvalue weighted by Crippen LogP contribution is -2.31. The maximum absolute atomic E-state index is 11.9. The summed E-state index contributed by atoms with van der Waals surface area (Å²) in [5.74, 6) is 1.06. The van der Waals surface area contributed by atoms with Crippen LogP contribution in [0.25, 0.3) is 10.1 Å². The van der Waals surface area contributed by atoms with Gasteiger partial charge in [0.2, 0.25) is 5.91 Å². The molecule has 19 heavy (non-hydrogen) atoms. The fourth-order valence-electron chi connectivity index (χ4n) is 2.06. The molecule has 0 aliphatic heterocycles. The van der Waals surface area contributed by atoms with E-state index in [2.05, 4.69) is 21.7 Å². The van der Waals surface area contributed by atoms with Crippen LogP contribution in [0, 0.1) is 0 Å². The van der Waals surface area contributed by atoms with Crippen LogP contribution in [-0.2, 0) is 4.79 Å². The predicted molar refractivity (Wildman–Crippen MR) is 80.7 cm³/mol. The summed E-state index contributed by atoms with van der Waals surface area (Å²) in [5.41, 5.74) is 0. The first kappa shape index (κ1) is 13.8. The first-order valence-electron chi connectivity index (χ1n) is 6.60. The van der Waals surface area contributed by atoms with Gasteiger partial charge in [-0.3, -0.25) is 4.79 Å². The Labute approximate surface area is 117 Å². The van der Waals surface area contributed by atoms with Gasteiger partial charge >= 0.3 is 0 Å². The van der Waals surface area contributed by atoms with E-state index < -0.39 is 0 Å². The van der Waals surface area contributed by atoms with Crippen molar-refractivity contribution in [3.8, 4) is 0 Å². The highest BCUT2D eigenvalue weighted by Gasteiger charge is 2.09. The normalized spacial score (nSPS) is 10.6. The van der Waals surface area contributed by atoms with Crippen LogP contribution in [0.2, 0.25) is 0 Å². The first-order valence-corrected chi connectivity index (χ1v) is 7.48. The summed E-state index contributed by atoms with van der Waals surface area (Å²) in [5, 5.41) is 6.44. The van der Waals surface area contributed by atoms with Crippen LogP contribution < -0.4 is 5.32 Å². The number of thiophene rings is 1. The Morgan fingerprint density at radius 1 is 1.37 bits per heavy atom. The van der Waals surface area contributed by atoms with E-state index in [4.69, 9.17) is 0 Å². The molecule has 0 saturated heterocycles. The summed E-state index contributed by atoms with van der Waals surface area (Å²) in [7, 11) is 0. The molecule has 4 nitrogen and oxygen atoms in total. The predicted octanol–water partition coefficient (Wildman–Crippen LogP) is 2.97. The Morgan fingerprint density at radius 3 is 2.89 bits per heavy atom. The number of amides is 1. The van der Waals surface area contributed by atoms with E-state index in [1.807, 2.05) is 24.8 Å². The lowest BCUT2D eigenvalue weighted by atomic mass is 10.3. The molecule has 2 heterocycles. The third-order valence-electron chi connectivity index (χ3n) is 3.13. The fraction of sp³-hybridized carbons (Fsp3) is 0.429. The van der Waals surface area contributed by atoms with Crippen LogP contribution >= 0.6 is 11.3 Å². The van der Waals surface area contributed by atoms with Crippen LogP contribution in [-0.4, -0.2) is 35.4 Å². The largest absolute Gasteiger partial charge is 0.369 e. The molecule has 5 heteroatoms. The maximum Gasteiger partial charge on any atom is 0.224 e. The van der Waals surface area contributed by atoms with E-state index in [1.54, 1.807) is 17.5 Å². The third-order valence-corrected chi connectivity index (χ3v) is 4.01. The average Bonchev–Trinajstić information content (AvgIpc) is 2.89. The van der Waals surface area contributed by atoms with E-state index in [0.717, 1.165) is 24.3 Å². The van der Waals surface area contributed by atoms with Gasteiger partial charge in [0.25, 0.3) is 0 Å². The van der Waals surface area contributed by atoms with Crippen molar-refractivity contribution in [2.75, 3.05) is 25.0 Å². The molecule has 2 aromatic heterocycles. The van der Waals surface area contributed by atoms with Gasteiger partial charge in [-0.25, -0.2) is 4.98 Å². The molecule has 1 N–H and O–H groups in total. The van der Waals surface area contributed by atoms with Crippen molar-refractivity contribution < 1.29 is 4.79 Å². The number of hydrogen-bond acceptors (Lipinski definition) is 4. The molecule has 0 unspecified atom stereocenters. The van der Waals surface area contributed by atoms with E-state index in [-0.39, 0.29) is 5.91 Å². The Hall–Kier alpha value is -1.62. The molecule has 0 saturated carbocycles. The number of rotatable bonds is 6. The first-order chi connectivity index (χ1) is 9.26. The van der Waals surface area contributed by atoms with Crippen molar-refractivity contribution in [3.63, 3.8) is 0 Å². The van der Waals surface area contributed by atoms with E-state index in [0.29, 0.717) is 13.0 Å². The highest BCUT2D eigenvalue weighted by molar-refractivity contribution is 7.17. The number of aromatic nitrogens is 1. The number of nitrogens with one attached hydrogen (secondary N) is 1. The van der Waals surface area contributed by atoms with Crippen molar-refractivity contribution in [3.05, 3.63) is 23.7 Å². The highest BCUT2D eigenvalue weighted by Crippen LogP contribution is 2.25. The van der Waals surface area contributed by atoms with Gasteiger partial charge in [0.05, 0.1) is 0 Å². The Morgan fingerprint density at radius 2 is 2.16 bits per heavy atom. The lowest BCUT2D eigenvalue weighted by molar-refractivity contribution is -0.130. The zero-order chi connectivity index (χ0) is 13.7. The van der Waals surface area contributed by atoms with Crippen molar-refractivity contribution in [1.29, 1.82) is 0 Å². The topological polar surface area (TPSA) is 45.2 Å². The Balaban J connectivity index is 1.92. The van der Waals surface area contributed by atoms with Gasteiger partial charge in [-0.05, 0) is 31.4 Å². The van der Waals surface area contributed by atoms with Crippen LogP contribution in [0.15, 0.2) is 23.7 Å². The smallest absolute Gasteiger partial charge is 0.224 e. The number of fused-ring (bicyclic) bond motifs is 1. The molecule has 2 rings (SSSR count). The third kappa shape index (κ3) is 3.23. The molecule has 0 aliphatic carbocycles. The minimum Gasteiger partial charge on any atom is -0.369 e. The van der Waals surface area contributed by atoms with Gasteiger partial charge in [0.1, 0.15) is 5.82 Å². The number of anilines is 1. The quantitative estimate of drug-likeness (QED) is 0.883. The zero-order valence-corrected chi connectivity index (χ0v) is 12.2. The van der Waals surface area contributed by atoms with Crippen molar-refractivity contribution in [1.82, 2.24) is 9.88 Å². The van der Waals surface area contributed by atoms with Gasteiger partial charge < -0.3 is 10.2 Å². The standard InChI is InChI=1S/C14H19N3OS/c1-3-17(4-2)13(18)6-9-16-14-11-7-10-19-12(11)5-8-15-14/h5,7-8,10H,3-4,6,9H2,1-2H3,(H,15,16). The number of carbonyl (C=O) groups excluding carboxylic acids is 1. The molecule has 0 spiro atoms. The van der Waals surface area contributed by atoms with Gasteiger partial charge in [-0.15, -0.1) is 11.3 Å². The molecule has 0 radical (unpaired) electrons. The summed E-state index contributed by atoms with van der Waals surface area (Å²) in [6, 6.07) is 4.06. The van der Waals surface area contributed by atoms with Gasteiger partial charge in [-0.1, -0.05) is 0 Å². The minimum absolute atomic E-state index is 0.190. The van der Waals surface area contributed by atoms with Gasteiger partial charge in [-0.2, -0.15) is 0 Å². The lowest BCUT2D eigenvalue weighted by Gasteiger charge is -2.18. The average molecular weight is 277 g/mol. The molecule has 0 bridgehead atoms. The van der Waals surface area contributed by atoms with E-state index >= 15 is 0 Å². The number of nitrogens with zero attached hydrogens (tertiary/aromatic N) is 2. The molecule has 0 aliphatic rings. The number of carbonyl (C=O) groups is 1. The van der Waals surface area contributed by atoms with Crippen LogP contribution in [0.1, 0.15) is 20.3 Å². The molecular weight excluding hydrogens is 258 g/mol. The monoisotopic (exact) mass is 277 g/mol. The summed E-state index contributed by atoms with van der Waals surface area (Å²) in [6.45, 7) is 6.17. The number of pyridine rings is 1. The Bertz CT molecular complexity index is 548. The molecule has 0 atom stereocenters. The summed E-state index contributed by atoms with van der Waals surface area (Å²) >= 11 is 1.70. The molecule has 102 valence electrons. The molecule has 1 amide bonds. The molecule has 0 fully saturated rings. The second-order valence-electron chi connectivity index (χ2n) is 4.23. The van der Waals surface area contributed by atoms with Crippen LogP contribution in [0.3, 0.4) is 0 Å². The Kier molecular flexibility index (Phi) is 4.74. The molecular formula is C14H19N3OS. The maximum atomic E-state index is 11.9. The van der Waals surface area contributed by atoms with Crippen molar-refractivity contribution >= 4 is 33.1 Å². The number of hydrogen-bond donors (Lipinski definition) is 1. The van der Waals surface area contributed by atoms with Crippen LogP contribution in [0.4, 0.5) is 5.82 Å². The van der Waals surface area contributed by atoms with Gasteiger partial charge in [0, 0.05) is 42.3 Å². The van der Waals surface area contributed by atoms with Gasteiger partial charge in [0.15, 0.2) is 0 Å². The van der Waals surface area contributed by atoms with E-state index in [1.165, 1.54) is 4.70 Å². The SMILES string of the molecule is CCN(CC)C(=O)CCNc1nccc2sccc12. The minimum atomic E-state index is 0.190. The highest BCUT2D eigenvalue weighted by atomic mass is 32.1. The summed E-state index contributed by atoms with van der Waals surface area (Å²) in [4.78, 5) is 18.1.